The van der Waals surface area contributed by atoms with Crippen molar-refractivity contribution in [2.45, 2.75) is 38.0 Å². The van der Waals surface area contributed by atoms with Gasteiger partial charge < -0.3 is 14.0 Å². The van der Waals surface area contributed by atoms with Crippen LogP contribution in [0.1, 0.15) is 20.8 Å². The van der Waals surface area contributed by atoms with Crippen LogP contribution in [0.3, 0.4) is 0 Å². The van der Waals surface area contributed by atoms with Gasteiger partial charge in [-0.25, -0.2) is 9.59 Å². The second-order valence-electron chi connectivity index (χ2n) is 6.93. The Hall–Kier alpha value is -2.91. The summed E-state index contributed by atoms with van der Waals surface area (Å²) >= 11 is 0. The predicted octanol–water partition coefficient (Wildman–Crippen LogP) is 1.77. The maximum atomic E-state index is 12.6. The number of carbonyl (C=O) groups excluding carboxylic acids is 2. The van der Waals surface area contributed by atoms with E-state index in [4.69, 9.17) is 9.47 Å². The number of ether oxygens (including phenoxy) is 2. The van der Waals surface area contributed by atoms with Crippen LogP contribution < -0.4 is 5.35 Å². The highest BCUT2D eigenvalue weighted by Crippen LogP contribution is 2.32. The molecule has 146 valence electrons. The fraction of sp³-hybridized carbons (Fsp3) is 0.263. The van der Waals surface area contributed by atoms with Gasteiger partial charge in [0.05, 0.1) is 5.35 Å². The zero-order chi connectivity index (χ0) is 20.4. The molecule has 0 radical (unpaired) electrons. The minimum absolute atomic E-state index is 0.245. The molecular formula is C19H17NO7S. The quantitative estimate of drug-likeness (QED) is 0.513. The molecule has 1 fully saturated rings. The van der Waals surface area contributed by atoms with Crippen LogP contribution in [-0.2, 0) is 35.7 Å². The molecule has 0 amide bonds. The lowest BCUT2D eigenvalue weighted by Gasteiger charge is -2.29. The maximum Gasteiger partial charge on any atom is 0.351 e. The average molecular weight is 403 g/mol. The number of hydrogen-bond acceptors (Lipinski definition) is 6. The van der Waals surface area contributed by atoms with E-state index in [0.29, 0.717) is 33.6 Å². The smallest absolute Gasteiger partial charge is 0.351 e. The van der Waals surface area contributed by atoms with E-state index in [-0.39, 0.29) is 10.5 Å². The molecule has 1 N–H and O–H groups in total. The normalized spacial score (nSPS) is 17.2. The Morgan fingerprint density at radius 2 is 1.64 bits per heavy atom. The monoisotopic (exact) mass is 403 g/mol. The lowest BCUT2D eigenvalue weighted by atomic mass is 10.1. The molecule has 9 heteroatoms. The Labute approximate surface area is 160 Å². The number of hydrogen-bond donors (Lipinski definition) is 1. The molecule has 4 rings (SSSR count). The topological polar surface area (TPSA) is 112 Å². The average Bonchev–Trinajstić information content (AvgIpc) is 2.88. The number of rotatable bonds is 2. The van der Waals surface area contributed by atoms with Gasteiger partial charge >= 0.3 is 11.9 Å². The molecule has 1 aliphatic heterocycles. The highest BCUT2D eigenvalue weighted by Gasteiger charge is 2.40. The molecular weight excluding hydrogens is 386 g/mol. The van der Waals surface area contributed by atoms with Gasteiger partial charge in [0.15, 0.2) is 5.57 Å². The van der Waals surface area contributed by atoms with Crippen molar-refractivity contribution in [1.29, 1.82) is 0 Å². The van der Waals surface area contributed by atoms with E-state index < -0.39 is 27.8 Å². The molecule has 0 saturated carbocycles. The SMILES string of the molecule is CCn1c(=C2C(=O)OC(C)(C)OC2=O)c2cccc3c(S(=O)(=O)O)ccc1c32. The summed E-state index contributed by atoms with van der Waals surface area (Å²) in [7, 11) is -4.46. The number of cyclic esters (lactones) is 2. The Bertz CT molecular complexity index is 1310. The van der Waals surface area contributed by atoms with Crippen LogP contribution in [0, 0.1) is 0 Å². The molecule has 2 heterocycles. The van der Waals surface area contributed by atoms with Gasteiger partial charge in [-0.2, -0.15) is 8.42 Å². The predicted molar refractivity (Wildman–Crippen MR) is 99.8 cm³/mol. The third kappa shape index (κ3) is 2.58. The summed E-state index contributed by atoms with van der Waals surface area (Å²) in [6.07, 6.45) is 0. The van der Waals surface area contributed by atoms with E-state index in [2.05, 4.69) is 0 Å². The number of aromatic nitrogens is 1. The molecule has 0 bridgehead atoms. The lowest BCUT2D eigenvalue weighted by molar-refractivity contribution is -0.217. The van der Waals surface area contributed by atoms with Crippen molar-refractivity contribution >= 4 is 49.3 Å². The van der Waals surface area contributed by atoms with E-state index in [9.17, 15) is 22.6 Å². The van der Waals surface area contributed by atoms with Crippen molar-refractivity contribution < 1.29 is 32.0 Å². The fourth-order valence-electron chi connectivity index (χ4n) is 3.72. The van der Waals surface area contributed by atoms with Crippen LogP contribution in [0.4, 0.5) is 0 Å². The number of carbonyl (C=O) groups is 2. The molecule has 1 aromatic heterocycles. The van der Waals surface area contributed by atoms with Crippen molar-refractivity contribution in [3.05, 3.63) is 35.7 Å². The van der Waals surface area contributed by atoms with E-state index >= 15 is 0 Å². The maximum absolute atomic E-state index is 12.6. The number of nitrogens with zero attached hydrogens (tertiary/aromatic N) is 1. The molecule has 1 aliphatic rings. The van der Waals surface area contributed by atoms with Crippen molar-refractivity contribution in [3.63, 3.8) is 0 Å². The molecule has 0 unspecified atom stereocenters. The second kappa shape index (κ2) is 5.79. The van der Waals surface area contributed by atoms with E-state index in [0.717, 1.165) is 0 Å². The fourth-order valence-corrected chi connectivity index (χ4v) is 4.41. The van der Waals surface area contributed by atoms with Crippen LogP contribution in [0.15, 0.2) is 35.2 Å². The van der Waals surface area contributed by atoms with Gasteiger partial charge in [-0.05, 0) is 19.1 Å². The zero-order valence-corrected chi connectivity index (χ0v) is 16.2. The first-order valence-corrected chi connectivity index (χ1v) is 10.0. The van der Waals surface area contributed by atoms with Gasteiger partial charge in [-0.15, -0.1) is 0 Å². The first-order chi connectivity index (χ1) is 13.0. The third-order valence-corrected chi connectivity index (χ3v) is 5.62. The van der Waals surface area contributed by atoms with Crippen molar-refractivity contribution in [1.82, 2.24) is 4.57 Å². The summed E-state index contributed by atoms with van der Waals surface area (Å²) in [6.45, 7) is 5.16. The standard InChI is InChI=1S/C19H17NO7S/c1-4-20-12-8-9-13(28(23,24)25)10-6-5-7-11(14(10)12)16(20)15-17(21)26-19(2,3)27-18(15)22/h5-9H,4H2,1-3H3,(H,23,24,25). The summed E-state index contributed by atoms with van der Waals surface area (Å²) in [4.78, 5) is 25.0. The number of aryl methyl sites for hydroxylation is 1. The van der Waals surface area contributed by atoms with Gasteiger partial charge in [0, 0.05) is 42.1 Å². The molecule has 8 nitrogen and oxygen atoms in total. The van der Waals surface area contributed by atoms with Crippen LogP contribution >= 0.6 is 0 Å². The van der Waals surface area contributed by atoms with Gasteiger partial charge in [0.2, 0.25) is 0 Å². The summed E-state index contributed by atoms with van der Waals surface area (Å²) in [5.41, 5.74) is 0.367. The second-order valence-corrected chi connectivity index (χ2v) is 8.32. The molecule has 1 saturated heterocycles. The highest BCUT2D eigenvalue weighted by molar-refractivity contribution is 7.86. The van der Waals surface area contributed by atoms with Crippen LogP contribution in [0.2, 0.25) is 0 Å². The third-order valence-electron chi connectivity index (χ3n) is 4.71. The largest absolute Gasteiger partial charge is 0.419 e. The Morgan fingerprint density at radius 3 is 2.21 bits per heavy atom. The number of esters is 2. The lowest BCUT2D eigenvalue weighted by Crippen LogP contribution is -2.44. The van der Waals surface area contributed by atoms with Crippen molar-refractivity contribution in [2.75, 3.05) is 0 Å². The minimum atomic E-state index is -4.46. The Balaban J connectivity index is 2.23. The van der Waals surface area contributed by atoms with Gasteiger partial charge in [-0.1, -0.05) is 18.2 Å². The Morgan fingerprint density at radius 1 is 1.04 bits per heavy atom. The first-order valence-electron chi connectivity index (χ1n) is 8.57. The van der Waals surface area contributed by atoms with E-state index in [1.165, 1.54) is 26.0 Å². The summed E-state index contributed by atoms with van der Waals surface area (Å²) in [5, 5.41) is 1.60. The molecule has 0 aliphatic carbocycles. The first kappa shape index (κ1) is 18.5. The van der Waals surface area contributed by atoms with Gasteiger partial charge in [0.25, 0.3) is 15.9 Å². The summed E-state index contributed by atoms with van der Waals surface area (Å²) in [5.74, 6) is -2.99. The van der Waals surface area contributed by atoms with Crippen LogP contribution in [0.5, 0.6) is 0 Å². The van der Waals surface area contributed by atoms with Crippen molar-refractivity contribution in [2.24, 2.45) is 0 Å². The molecule has 28 heavy (non-hydrogen) atoms. The van der Waals surface area contributed by atoms with Crippen molar-refractivity contribution in [3.8, 4) is 0 Å². The van der Waals surface area contributed by atoms with Gasteiger partial charge in [-0.3, -0.25) is 4.55 Å². The molecule has 2 aromatic carbocycles. The molecule has 0 atom stereocenters. The van der Waals surface area contributed by atoms with E-state index in [1.54, 1.807) is 22.8 Å². The van der Waals surface area contributed by atoms with E-state index in [1.807, 2.05) is 6.92 Å². The number of benzene rings is 2. The van der Waals surface area contributed by atoms with Crippen LogP contribution in [-0.4, -0.2) is 35.3 Å². The van der Waals surface area contributed by atoms with Crippen LogP contribution in [0.25, 0.3) is 27.2 Å². The summed E-state index contributed by atoms with van der Waals surface area (Å²) in [6, 6.07) is 7.67. The minimum Gasteiger partial charge on any atom is -0.419 e. The summed E-state index contributed by atoms with van der Waals surface area (Å²) < 4.78 is 45.3. The zero-order valence-electron chi connectivity index (χ0n) is 15.3. The molecule has 0 spiro atoms. The Kier molecular flexibility index (Phi) is 3.82. The van der Waals surface area contributed by atoms with Gasteiger partial charge in [0.1, 0.15) is 4.90 Å². The molecule has 3 aromatic rings. The highest BCUT2D eigenvalue weighted by atomic mass is 32.2.